The van der Waals surface area contributed by atoms with Crippen molar-refractivity contribution in [3.05, 3.63) is 27.1 Å². The summed E-state index contributed by atoms with van der Waals surface area (Å²) in [5, 5.41) is 6.22. The summed E-state index contributed by atoms with van der Waals surface area (Å²) in [6.45, 7) is 3.92. The van der Waals surface area contributed by atoms with E-state index in [0.717, 1.165) is 21.2 Å². The van der Waals surface area contributed by atoms with Crippen LogP contribution in [0.2, 0.25) is 0 Å². The summed E-state index contributed by atoms with van der Waals surface area (Å²) in [5.41, 5.74) is 0.773. The first-order chi connectivity index (χ1) is 9.11. The Balaban J connectivity index is 2.04. The van der Waals surface area contributed by atoms with Gasteiger partial charge in [-0.05, 0) is 40.7 Å². The second kappa shape index (κ2) is 6.83. The molecule has 1 fully saturated rings. The number of likely N-dealkylation sites (N-methyl/N-ethyl adjacent to an activating group) is 1. The number of anilines is 1. The molecule has 1 aromatic carbocycles. The molecule has 1 saturated heterocycles. The first-order valence-electron chi connectivity index (χ1n) is 6.19. The van der Waals surface area contributed by atoms with E-state index in [2.05, 4.69) is 42.5 Å². The Bertz CT molecular complexity index is 468. The third-order valence-electron chi connectivity index (χ3n) is 3.07. The molecule has 1 aliphatic rings. The third kappa shape index (κ3) is 3.78. The zero-order chi connectivity index (χ0) is 13.8. The Morgan fingerprint density at radius 3 is 2.89 bits per heavy atom. The molecule has 0 aromatic heterocycles. The van der Waals surface area contributed by atoms with Crippen molar-refractivity contribution in [3.63, 3.8) is 0 Å². The van der Waals surface area contributed by atoms with Crippen LogP contribution in [-0.4, -0.2) is 31.7 Å². The van der Waals surface area contributed by atoms with Crippen LogP contribution in [0.4, 0.5) is 5.69 Å². The Hall–Kier alpha value is -0.430. The maximum Gasteiger partial charge on any atom is 0.231 e. The molecule has 4 nitrogen and oxygen atoms in total. The number of amides is 1. The molecular weight excluding hydrogens is 376 g/mol. The highest BCUT2D eigenvalue weighted by Crippen LogP contribution is 2.27. The molecule has 1 heterocycles. The summed E-state index contributed by atoms with van der Waals surface area (Å²) in [7, 11) is 0. The molecule has 1 aliphatic heterocycles. The van der Waals surface area contributed by atoms with Gasteiger partial charge in [-0.2, -0.15) is 0 Å². The number of hydrogen-bond donors (Lipinski definition) is 2. The molecule has 0 aliphatic carbocycles. The largest absolute Gasteiger partial charge is 0.379 e. The van der Waals surface area contributed by atoms with Gasteiger partial charge in [0.25, 0.3) is 0 Å². The molecule has 0 bridgehead atoms. The van der Waals surface area contributed by atoms with Crippen molar-refractivity contribution in [3.8, 4) is 0 Å². The molecule has 1 amide bonds. The molecule has 104 valence electrons. The van der Waals surface area contributed by atoms with Crippen molar-refractivity contribution in [1.29, 1.82) is 0 Å². The van der Waals surface area contributed by atoms with Gasteiger partial charge in [-0.3, -0.25) is 4.79 Å². The minimum absolute atomic E-state index is 0.00790. The van der Waals surface area contributed by atoms with E-state index < -0.39 is 0 Å². The van der Waals surface area contributed by atoms with Gasteiger partial charge < -0.3 is 15.4 Å². The number of hydrogen-bond acceptors (Lipinski definition) is 3. The number of nitrogens with one attached hydrogen (secondary N) is 2. The van der Waals surface area contributed by atoms with E-state index in [1.165, 1.54) is 0 Å². The van der Waals surface area contributed by atoms with E-state index in [9.17, 15) is 4.79 Å². The number of carbonyl (C=O) groups is 1. The highest BCUT2D eigenvalue weighted by Gasteiger charge is 2.33. The van der Waals surface area contributed by atoms with Gasteiger partial charge in [0.05, 0.1) is 24.8 Å². The molecular formula is C13H16Br2N2O2. The van der Waals surface area contributed by atoms with Crippen molar-refractivity contribution < 1.29 is 9.53 Å². The minimum atomic E-state index is -0.143. The van der Waals surface area contributed by atoms with Crippen molar-refractivity contribution in [1.82, 2.24) is 5.32 Å². The van der Waals surface area contributed by atoms with Crippen LogP contribution in [0.3, 0.4) is 0 Å². The van der Waals surface area contributed by atoms with Crippen molar-refractivity contribution in [2.24, 2.45) is 5.92 Å². The van der Waals surface area contributed by atoms with Crippen molar-refractivity contribution >= 4 is 43.5 Å². The van der Waals surface area contributed by atoms with E-state index in [4.69, 9.17) is 4.74 Å². The number of rotatable bonds is 4. The Labute approximate surface area is 129 Å². The number of halogens is 2. The van der Waals surface area contributed by atoms with Gasteiger partial charge >= 0.3 is 0 Å². The van der Waals surface area contributed by atoms with Crippen LogP contribution >= 0.6 is 31.9 Å². The van der Waals surface area contributed by atoms with Crippen LogP contribution in [0.15, 0.2) is 27.1 Å². The summed E-state index contributed by atoms with van der Waals surface area (Å²) in [4.78, 5) is 12.3. The number of ether oxygens (including phenoxy) is 1. The highest BCUT2D eigenvalue weighted by molar-refractivity contribution is 9.11. The molecule has 0 radical (unpaired) electrons. The van der Waals surface area contributed by atoms with Crippen LogP contribution in [0.1, 0.15) is 6.92 Å². The van der Waals surface area contributed by atoms with Gasteiger partial charge in [0.1, 0.15) is 0 Å². The van der Waals surface area contributed by atoms with E-state index in [1.54, 1.807) is 0 Å². The van der Waals surface area contributed by atoms with Gasteiger partial charge in [0.2, 0.25) is 5.91 Å². The van der Waals surface area contributed by atoms with Crippen molar-refractivity contribution in [2.75, 3.05) is 25.1 Å². The van der Waals surface area contributed by atoms with Gasteiger partial charge in [-0.25, -0.2) is 0 Å². The molecule has 2 atom stereocenters. The normalized spacial score (nSPS) is 22.5. The lowest BCUT2D eigenvalue weighted by molar-refractivity contribution is -0.120. The minimum Gasteiger partial charge on any atom is -0.379 e. The lowest BCUT2D eigenvalue weighted by Crippen LogP contribution is -2.41. The fourth-order valence-electron chi connectivity index (χ4n) is 2.09. The van der Waals surface area contributed by atoms with Crippen LogP contribution in [0.5, 0.6) is 0 Å². The highest BCUT2D eigenvalue weighted by atomic mass is 79.9. The zero-order valence-corrected chi connectivity index (χ0v) is 13.8. The zero-order valence-electron chi connectivity index (χ0n) is 10.6. The third-order valence-corrected chi connectivity index (χ3v) is 4.22. The Morgan fingerprint density at radius 1 is 1.42 bits per heavy atom. The van der Waals surface area contributed by atoms with E-state index >= 15 is 0 Å². The fraction of sp³-hybridized carbons (Fsp3) is 0.462. The SMILES string of the molecule is CCNC1COCC1C(=O)Nc1ccc(Br)cc1Br. The lowest BCUT2D eigenvalue weighted by atomic mass is 10.0. The predicted octanol–water partition coefficient (Wildman–Crippen LogP) is 2.77. The molecule has 19 heavy (non-hydrogen) atoms. The lowest BCUT2D eigenvalue weighted by Gasteiger charge is -2.18. The van der Waals surface area contributed by atoms with Crippen LogP contribution in [-0.2, 0) is 9.53 Å². The first kappa shape index (κ1) is 15.0. The van der Waals surface area contributed by atoms with Gasteiger partial charge in [0.15, 0.2) is 0 Å². The molecule has 1 aromatic rings. The first-order valence-corrected chi connectivity index (χ1v) is 7.77. The fourth-order valence-corrected chi connectivity index (χ4v) is 3.24. The van der Waals surface area contributed by atoms with Gasteiger partial charge in [0, 0.05) is 15.0 Å². The topological polar surface area (TPSA) is 50.4 Å². The van der Waals surface area contributed by atoms with E-state index in [-0.39, 0.29) is 17.9 Å². The second-order valence-corrected chi connectivity index (χ2v) is 6.19. The van der Waals surface area contributed by atoms with Gasteiger partial charge in [-0.15, -0.1) is 0 Å². The maximum absolute atomic E-state index is 12.3. The number of benzene rings is 1. The molecule has 0 saturated carbocycles. The molecule has 6 heteroatoms. The summed E-state index contributed by atoms with van der Waals surface area (Å²) >= 11 is 6.82. The van der Waals surface area contributed by atoms with E-state index in [0.29, 0.717) is 13.2 Å². The van der Waals surface area contributed by atoms with E-state index in [1.807, 2.05) is 25.1 Å². The maximum atomic E-state index is 12.3. The Kier molecular flexibility index (Phi) is 5.38. The monoisotopic (exact) mass is 390 g/mol. The van der Waals surface area contributed by atoms with Crippen molar-refractivity contribution in [2.45, 2.75) is 13.0 Å². The van der Waals surface area contributed by atoms with Crippen LogP contribution in [0.25, 0.3) is 0 Å². The van der Waals surface area contributed by atoms with Gasteiger partial charge in [-0.1, -0.05) is 22.9 Å². The summed E-state index contributed by atoms with van der Waals surface area (Å²) in [5.74, 6) is -0.151. The molecule has 2 unspecified atom stereocenters. The van der Waals surface area contributed by atoms with Crippen LogP contribution < -0.4 is 10.6 Å². The smallest absolute Gasteiger partial charge is 0.231 e. The second-order valence-electron chi connectivity index (χ2n) is 4.42. The molecule has 2 rings (SSSR count). The summed E-state index contributed by atoms with van der Waals surface area (Å²) in [6.07, 6.45) is 0. The quantitative estimate of drug-likeness (QED) is 0.829. The summed E-state index contributed by atoms with van der Waals surface area (Å²) in [6, 6.07) is 5.76. The summed E-state index contributed by atoms with van der Waals surface area (Å²) < 4.78 is 7.21. The predicted molar refractivity (Wildman–Crippen MR) is 82.2 cm³/mol. The molecule has 0 spiro atoms. The Morgan fingerprint density at radius 2 is 2.21 bits per heavy atom. The molecule has 2 N–H and O–H groups in total. The average Bonchev–Trinajstić information content (AvgIpc) is 2.81. The standard InChI is InChI=1S/C13H16Br2N2O2/c1-2-16-12-7-19-6-9(12)13(18)17-11-4-3-8(14)5-10(11)15/h3-5,9,12,16H,2,6-7H2,1H3,(H,17,18). The van der Waals surface area contributed by atoms with Crippen LogP contribution in [0, 0.1) is 5.92 Å². The average molecular weight is 392 g/mol. The number of carbonyl (C=O) groups excluding carboxylic acids is 1.